The minimum atomic E-state index is -3.52. The number of carbonyl (C=O) groups excluding carboxylic acids is 2. The van der Waals surface area contributed by atoms with Gasteiger partial charge in [0.2, 0.25) is 10.0 Å². The fraction of sp³-hybridized carbons (Fsp3) is 0.0588. The fourth-order valence-electron chi connectivity index (χ4n) is 2.52. The molecule has 1 amide bonds. The lowest BCUT2D eigenvalue weighted by molar-refractivity contribution is 0.0640. The average Bonchev–Trinajstić information content (AvgIpc) is 2.92. The van der Waals surface area contributed by atoms with Crippen molar-refractivity contribution in [3.8, 4) is 11.3 Å². The normalized spacial score (nSPS) is 11.3. The third-order valence-corrected chi connectivity index (χ3v) is 4.10. The minimum absolute atomic E-state index is 0.0211. The molecule has 140 valence electrons. The van der Waals surface area contributed by atoms with Gasteiger partial charge in [0, 0.05) is 17.0 Å². The molecule has 27 heavy (non-hydrogen) atoms. The highest BCUT2D eigenvalue weighted by Gasteiger charge is 2.25. The van der Waals surface area contributed by atoms with Crippen molar-refractivity contribution in [2.45, 2.75) is 0 Å². The molecule has 1 aromatic heterocycles. The summed E-state index contributed by atoms with van der Waals surface area (Å²) in [4.78, 5) is 23.3. The first-order valence-electron chi connectivity index (χ1n) is 7.46. The number of carbonyl (C=O) groups is 2. The number of primary amides is 1. The molecule has 0 saturated carbocycles. The number of fused-ring (bicyclic) bond motifs is 1. The fourth-order valence-corrected chi connectivity index (χ4v) is 3.08. The quantitative estimate of drug-likeness (QED) is 0.519. The van der Waals surface area contributed by atoms with E-state index in [0.29, 0.717) is 5.56 Å². The van der Waals surface area contributed by atoms with E-state index in [1.165, 1.54) is 42.5 Å². The van der Waals surface area contributed by atoms with Crippen LogP contribution in [0.3, 0.4) is 0 Å². The summed E-state index contributed by atoms with van der Waals surface area (Å²) in [5.41, 5.74) is 5.52. The van der Waals surface area contributed by atoms with Gasteiger partial charge in [0.05, 0.1) is 11.9 Å². The Balaban J connectivity index is 2.20. The molecule has 1 heterocycles. The number of furan rings is 1. The van der Waals surface area contributed by atoms with E-state index in [2.05, 4.69) is 9.46 Å². The van der Waals surface area contributed by atoms with Gasteiger partial charge in [-0.15, -0.1) is 0 Å². The van der Waals surface area contributed by atoms with Crippen LogP contribution in [0.25, 0.3) is 22.3 Å². The van der Waals surface area contributed by atoms with Crippen LogP contribution in [0.4, 0.5) is 14.9 Å². The van der Waals surface area contributed by atoms with E-state index < -0.39 is 27.9 Å². The van der Waals surface area contributed by atoms with Gasteiger partial charge in [-0.3, -0.25) is 4.72 Å². The maximum Gasteiger partial charge on any atom is 0.412 e. The second kappa shape index (κ2) is 6.72. The van der Waals surface area contributed by atoms with Gasteiger partial charge in [-0.1, -0.05) is 0 Å². The molecule has 0 radical (unpaired) electrons. The minimum Gasteiger partial charge on any atom is -0.455 e. The van der Waals surface area contributed by atoms with Crippen LogP contribution in [0.15, 0.2) is 46.9 Å². The van der Waals surface area contributed by atoms with Gasteiger partial charge in [0.25, 0.3) is 0 Å². The van der Waals surface area contributed by atoms with Crippen LogP contribution in [0.2, 0.25) is 0 Å². The van der Waals surface area contributed by atoms with Crippen molar-refractivity contribution in [1.29, 1.82) is 0 Å². The Morgan fingerprint density at radius 3 is 2.41 bits per heavy atom. The average molecular weight is 392 g/mol. The Kier molecular flexibility index (Phi) is 4.58. The first-order chi connectivity index (χ1) is 12.6. The summed E-state index contributed by atoms with van der Waals surface area (Å²) >= 11 is 0. The van der Waals surface area contributed by atoms with Gasteiger partial charge in [0.1, 0.15) is 22.7 Å². The lowest BCUT2D eigenvalue weighted by atomic mass is 10.1. The number of amides is 1. The summed E-state index contributed by atoms with van der Waals surface area (Å²) in [5.74, 6) is -1.52. The number of hydrogen-bond donors (Lipinski definition) is 2. The molecule has 0 atom stereocenters. The van der Waals surface area contributed by atoms with Gasteiger partial charge in [-0.05, 0) is 36.4 Å². The van der Waals surface area contributed by atoms with E-state index in [1.54, 1.807) is 0 Å². The number of sulfonamides is 1. The van der Waals surface area contributed by atoms with Crippen molar-refractivity contribution in [2.24, 2.45) is 5.73 Å². The van der Waals surface area contributed by atoms with Gasteiger partial charge >= 0.3 is 12.1 Å². The number of esters is 1. The SMILES string of the molecule is CS(=O)(=O)Nc1ccc2c(C(=O)OC(N)=O)c(-c3ccc(F)cc3)oc2c1. The van der Waals surface area contributed by atoms with Gasteiger partial charge in [-0.2, -0.15) is 0 Å². The predicted octanol–water partition coefficient (Wildman–Crippen LogP) is 2.85. The van der Waals surface area contributed by atoms with Crippen LogP contribution in [0.5, 0.6) is 0 Å². The summed E-state index contributed by atoms with van der Waals surface area (Å²) in [7, 11) is -3.52. The van der Waals surface area contributed by atoms with Gasteiger partial charge in [-0.25, -0.2) is 22.4 Å². The number of benzene rings is 2. The molecule has 3 N–H and O–H groups in total. The second-order valence-electron chi connectivity index (χ2n) is 5.61. The number of rotatable bonds is 4. The molecule has 10 heteroatoms. The molecular formula is C17H13FN2O6S. The zero-order chi connectivity index (χ0) is 19.8. The highest BCUT2D eigenvalue weighted by Crippen LogP contribution is 2.35. The van der Waals surface area contributed by atoms with Crippen LogP contribution in [0, 0.1) is 5.82 Å². The molecule has 3 rings (SSSR count). The zero-order valence-electron chi connectivity index (χ0n) is 13.9. The largest absolute Gasteiger partial charge is 0.455 e. The molecular weight excluding hydrogens is 379 g/mol. The number of hydrogen-bond acceptors (Lipinski definition) is 6. The summed E-state index contributed by atoms with van der Waals surface area (Å²) in [5, 5.41) is 0.264. The predicted molar refractivity (Wildman–Crippen MR) is 95.1 cm³/mol. The third kappa shape index (κ3) is 4.06. The molecule has 0 unspecified atom stereocenters. The molecule has 2 aromatic carbocycles. The topological polar surface area (TPSA) is 129 Å². The van der Waals surface area contributed by atoms with Crippen molar-refractivity contribution in [3.63, 3.8) is 0 Å². The maximum atomic E-state index is 13.2. The van der Waals surface area contributed by atoms with Crippen LogP contribution in [-0.2, 0) is 14.8 Å². The van der Waals surface area contributed by atoms with E-state index in [-0.39, 0.29) is 28.0 Å². The van der Waals surface area contributed by atoms with Crippen LogP contribution in [-0.4, -0.2) is 26.7 Å². The Bertz CT molecular complexity index is 1150. The Morgan fingerprint density at radius 2 is 1.81 bits per heavy atom. The molecule has 0 spiro atoms. The maximum absolute atomic E-state index is 13.2. The first kappa shape index (κ1) is 18.4. The summed E-state index contributed by atoms with van der Waals surface area (Å²) in [6, 6.07) is 9.30. The third-order valence-electron chi connectivity index (χ3n) is 3.50. The Hall–Kier alpha value is -3.40. The first-order valence-corrected chi connectivity index (χ1v) is 9.35. The zero-order valence-corrected chi connectivity index (χ0v) is 14.7. The van der Waals surface area contributed by atoms with Crippen molar-refractivity contribution in [3.05, 3.63) is 53.8 Å². The Labute approximate surface area is 152 Å². The summed E-state index contributed by atoms with van der Waals surface area (Å²) in [6.07, 6.45) is -0.311. The number of nitrogens with one attached hydrogen (secondary N) is 1. The standard InChI is InChI=1S/C17H13FN2O6S/c1-27(23,24)20-11-6-7-12-13(8-11)25-15(9-2-4-10(18)5-3-9)14(12)16(21)26-17(19)22/h2-8,20H,1H3,(H2,19,22). The van der Waals surface area contributed by atoms with E-state index >= 15 is 0 Å². The van der Waals surface area contributed by atoms with Gasteiger partial charge in [0.15, 0.2) is 0 Å². The summed E-state index contributed by atoms with van der Waals surface area (Å²) in [6.45, 7) is 0. The molecule has 0 bridgehead atoms. The molecule has 3 aromatic rings. The summed E-state index contributed by atoms with van der Waals surface area (Å²) < 4.78 is 48.4. The second-order valence-corrected chi connectivity index (χ2v) is 7.36. The number of ether oxygens (including phenoxy) is 1. The smallest absolute Gasteiger partial charge is 0.412 e. The van der Waals surface area contributed by atoms with Crippen molar-refractivity contribution in [2.75, 3.05) is 11.0 Å². The van der Waals surface area contributed by atoms with Crippen LogP contribution in [0.1, 0.15) is 10.4 Å². The molecule has 0 fully saturated rings. The molecule has 0 aliphatic heterocycles. The van der Waals surface area contributed by atoms with Crippen molar-refractivity contribution in [1.82, 2.24) is 0 Å². The lowest BCUT2D eigenvalue weighted by Gasteiger charge is -2.03. The molecule has 0 saturated heterocycles. The van der Waals surface area contributed by atoms with Crippen molar-refractivity contribution >= 4 is 38.7 Å². The van der Waals surface area contributed by atoms with Gasteiger partial charge < -0.3 is 14.9 Å². The van der Waals surface area contributed by atoms with Crippen molar-refractivity contribution < 1.29 is 31.6 Å². The van der Waals surface area contributed by atoms with E-state index in [0.717, 1.165) is 6.26 Å². The monoisotopic (exact) mass is 392 g/mol. The van der Waals surface area contributed by atoms with E-state index in [9.17, 15) is 22.4 Å². The number of anilines is 1. The number of nitrogens with two attached hydrogens (primary N) is 1. The highest BCUT2D eigenvalue weighted by atomic mass is 32.2. The molecule has 0 aliphatic rings. The van der Waals surface area contributed by atoms with E-state index in [4.69, 9.17) is 10.2 Å². The van der Waals surface area contributed by atoms with Crippen LogP contribution < -0.4 is 10.5 Å². The van der Waals surface area contributed by atoms with Crippen LogP contribution >= 0.6 is 0 Å². The molecule has 8 nitrogen and oxygen atoms in total. The highest BCUT2D eigenvalue weighted by molar-refractivity contribution is 7.92. The molecule has 0 aliphatic carbocycles. The Morgan fingerprint density at radius 1 is 1.15 bits per heavy atom. The number of halogens is 1. The lowest BCUT2D eigenvalue weighted by Crippen LogP contribution is -2.18. The van der Waals surface area contributed by atoms with E-state index in [1.807, 2.05) is 0 Å².